The van der Waals surface area contributed by atoms with Crippen molar-refractivity contribution in [2.45, 2.75) is 70.1 Å². The van der Waals surface area contributed by atoms with Gasteiger partial charge in [0.1, 0.15) is 0 Å². The van der Waals surface area contributed by atoms with Gasteiger partial charge < -0.3 is 10.4 Å². The van der Waals surface area contributed by atoms with Gasteiger partial charge in [-0.3, -0.25) is 0 Å². The molecule has 0 aromatic heterocycles. The maximum atomic E-state index is 9.94. The zero-order valence-corrected chi connectivity index (χ0v) is 9.21. The van der Waals surface area contributed by atoms with Crippen LogP contribution in [0.1, 0.15) is 51.9 Å². The van der Waals surface area contributed by atoms with Gasteiger partial charge in [-0.05, 0) is 38.5 Å². The molecule has 0 bridgehead atoms. The van der Waals surface area contributed by atoms with E-state index in [1.54, 1.807) is 0 Å². The number of hydrogen-bond acceptors (Lipinski definition) is 2. The van der Waals surface area contributed by atoms with Gasteiger partial charge >= 0.3 is 0 Å². The number of hydrogen-bond donors (Lipinski definition) is 2. The topological polar surface area (TPSA) is 32.3 Å². The molecule has 0 aromatic rings. The summed E-state index contributed by atoms with van der Waals surface area (Å²) < 4.78 is 0. The molecule has 2 N–H and O–H groups in total. The summed E-state index contributed by atoms with van der Waals surface area (Å²) in [5.74, 6) is 0.894. The van der Waals surface area contributed by atoms with E-state index in [1.165, 1.54) is 32.1 Å². The first-order valence-electron chi connectivity index (χ1n) is 6.21. The summed E-state index contributed by atoms with van der Waals surface area (Å²) in [6.07, 6.45) is 8.62. The Morgan fingerprint density at radius 2 is 1.79 bits per heavy atom. The normalized spacial score (nSPS) is 36.4. The van der Waals surface area contributed by atoms with Gasteiger partial charge in [0.05, 0.1) is 6.10 Å². The van der Waals surface area contributed by atoms with E-state index in [1.807, 2.05) is 0 Å². The van der Waals surface area contributed by atoms with Gasteiger partial charge in [-0.15, -0.1) is 0 Å². The lowest BCUT2D eigenvalue weighted by molar-refractivity contribution is 0.113. The molecule has 3 atom stereocenters. The first-order valence-corrected chi connectivity index (χ1v) is 6.21. The van der Waals surface area contributed by atoms with Gasteiger partial charge in [-0.1, -0.05) is 19.3 Å². The fraction of sp³-hybridized carbons (Fsp3) is 1.00. The minimum atomic E-state index is -0.0984. The monoisotopic (exact) mass is 197 g/mol. The molecule has 2 heteroatoms. The van der Waals surface area contributed by atoms with Crippen LogP contribution >= 0.6 is 0 Å². The molecule has 0 radical (unpaired) electrons. The van der Waals surface area contributed by atoms with Gasteiger partial charge in [0.15, 0.2) is 0 Å². The van der Waals surface area contributed by atoms with Crippen LogP contribution in [0.25, 0.3) is 0 Å². The standard InChI is InChI=1S/C12H23NO/c1-9(10-7-8-10)13-11-5-3-2-4-6-12(11)14/h9-14H,2-8H2,1H3/t9?,11-,12-/m1/s1. The van der Waals surface area contributed by atoms with Crippen LogP contribution < -0.4 is 5.32 Å². The molecule has 0 spiro atoms. The molecule has 0 amide bonds. The largest absolute Gasteiger partial charge is 0.392 e. The predicted molar refractivity (Wildman–Crippen MR) is 58.2 cm³/mol. The highest BCUT2D eigenvalue weighted by molar-refractivity contribution is 4.88. The van der Waals surface area contributed by atoms with Crippen molar-refractivity contribution >= 4 is 0 Å². The highest BCUT2D eigenvalue weighted by Crippen LogP contribution is 2.33. The molecule has 2 aliphatic rings. The van der Waals surface area contributed by atoms with Crippen LogP contribution in [0, 0.1) is 5.92 Å². The van der Waals surface area contributed by atoms with E-state index >= 15 is 0 Å². The Kier molecular flexibility index (Phi) is 3.45. The summed E-state index contributed by atoms with van der Waals surface area (Å²) >= 11 is 0. The molecule has 2 nitrogen and oxygen atoms in total. The SMILES string of the molecule is CC(N[C@@H]1CCCCC[C@H]1O)C1CC1. The van der Waals surface area contributed by atoms with Crippen molar-refractivity contribution in [2.24, 2.45) is 5.92 Å². The highest BCUT2D eigenvalue weighted by atomic mass is 16.3. The maximum Gasteiger partial charge on any atom is 0.0693 e. The molecule has 0 aromatic carbocycles. The summed E-state index contributed by atoms with van der Waals surface area (Å²) in [7, 11) is 0. The zero-order valence-electron chi connectivity index (χ0n) is 9.21. The molecule has 2 aliphatic carbocycles. The summed E-state index contributed by atoms with van der Waals surface area (Å²) in [5.41, 5.74) is 0. The second-order valence-electron chi connectivity index (χ2n) is 5.10. The first-order chi connectivity index (χ1) is 6.77. The molecular formula is C12H23NO. The maximum absolute atomic E-state index is 9.94. The predicted octanol–water partition coefficient (Wildman–Crippen LogP) is 2.07. The van der Waals surface area contributed by atoms with Crippen molar-refractivity contribution in [3.05, 3.63) is 0 Å². The lowest BCUT2D eigenvalue weighted by Gasteiger charge is -2.25. The third-order valence-corrected chi connectivity index (χ3v) is 3.79. The fourth-order valence-electron chi connectivity index (χ4n) is 2.55. The van der Waals surface area contributed by atoms with Crippen LogP contribution in [-0.4, -0.2) is 23.3 Å². The summed E-state index contributed by atoms with van der Waals surface area (Å²) in [6.45, 7) is 2.27. The van der Waals surface area contributed by atoms with Crippen molar-refractivity contribution in [1.82, 2.24) is 5.32 Å². The Morgan fingerprint density at radius 1 is 1.07 bits per heavy atom. The molecule has 2 fully saturated rings. The van der Waals surface area contributed by atoms with E-state index in [4.69, 9.17) is 0 Å². The summed E-state index contributed by atoms with van der Waals surface area (Å²) in [6, 6.07) is 0.987. The third-order valence-electron chi connectivity index (χ3n) is 3.79. The van der Waals surface area contributed by atoms with Crippen molar-refractivity contribution in [3.63, 3.8) is 0 Å². The molecule has 0 heterocycles. The van der Waals surface area contributed by atoms with Crippen LogP contribution in [0.15, 0.2) is 0 Å². The van der Waals surface area contributed by atoms with Crippen molar-refractivity contribution in [2.75, 3.05) is 0 Å². The van der Waals surface area contributed by atoms with E-state index in [0.29, 0.717) is 12.1 Å². The second-order valence-corrected chi connectivity index (χ2v) is 5.10. The minimum Gasteiger partial charge on any atom is -0.392 e. The number of aliphatic hydroxyl groups excluding tert-OH is 1. The lowest BCUT2D eigenvalue weighted by Crippen LogP contribution is -2.44. The molecule has 2 rings (SSSR count). The molecular weight excluding hydrogens is 174 g/mol. The van der Waals surface area contributed by atoms with E-state index in [-0.39, 0.29) is 6.10 Å². The fourth-order valence-corrected chi connectivity index (χ4v) is 2.55. The average Bonchev–Trinajstić information content (AvgIpc) is 2.95. The van der Waals surface area contributed by atoms with Gasteiger partial charge in [0, 0.05) is 12.1 Å². The molecule has 0 aliphatic heterocycles. The minimum absolute atomic E-state index is 0.0984. The summed E-state index contributed by atoms with van der Waals surface area (Å²) in [5, 5.41) is 13.6. The van der Waals surface area contributed by atoms with Crippen LogP contribution in [0.2, 0.25) is 0 Å². The van der Waals surface area contributed by atoms with Gasteiger partial charge in [-0.25, -0.2) is 0 Å². The second kappa shape index (κ2) is 4.63. The molecule has 2 saturated carbocycles. The quantitative estimate of drug-likeness (QED) is 0.679. The van der Waals surface area contributed by atoms with Crippen LogP contribution in [-0.2, 0) is 0 Å². The van der Waals surface area contributed by atoms with Crippen molar-refractivity contribution in [3.8, 4) is 0 Å². The Labute approximate surface area is 87.1 Å². The van der Waals surface area contributed by atoms with Crippen molar-refractivity contribution in [1.29, 1.82) is 0 Å². The van der Waals surface area contributed by atoms with Gasteiger partial charge in [-0.2, -0.15) is 0 Å². The smallest absolute Gasteiger partial charge is 0.0693 e. The van der Waals surface area contributed by atoms with E-state index in [2.05, 4.69) is 12.2 Å². The Bertz CT molecular complexity index is 179. The van der Waals surface area contributed by atoms with E-state index in [0.717, 1.165) is 18.8 Å². The summed E-state index contributed by atoms with van der Waals surface area (Å²) in [4.78, 5) is 0. The number of nitrogens with one attached hydrogen (secondary N) is 1. The van der Waals surface area contributed by atoms with Gasteiger partial charge in [0.25, 0.3) is 0 Å². The highest BCUT2D eigenvalue weighted by Gasteiger charge is 2.31. The molecule has 0 saturated heterocycles. The Hall–Kier alpha value is -0.0800. The zero-order chi connectivity index (χ0) is 9.97. The lowest BCUT2D eigenvalue weighted by atomic mass is 10.0. The van der Waals surface area contributed by atoms with E-state index < -0.39 is 0 Å². The number of aliphatic hydroxyl groups is 1. The molecule has 1 unspecified atom stereocenters. The van der Waals surface area contributed by atoms with Gasteiger partial charge in [0.2, 0.25) is 0 Å². The van der Waals surface area contributed by atoms with E-state index in [9.17, 15) is 5.11 Å². The third kappa shape index (κ3) is 2.71. The molecule has 82 valence electrons. The van der Waals surface area contributed by atoms with Crippen LogP contribution in [0.5, 0.6) is 0 Å². The average molecular weight is 197 g/mol. The molecule has 14 heavy (non-hydrogen) atoms. The number of rotatable bonds is 3. The van der Waals surface area contributed by atoms with Crippen molar-refractivity contribution < 1.29 is 5.11 Å². The van der Waals surface area contributed by atoms with Crippen LogP contribution in [0.4, 0.5) is 0 Å². The first kappa shape index (κ1) is 10.4. The Balaban J connectivity index is 1.80. The Morgan fingerprint density at radius 3 is 2.50 bits per heavy atom. The van der Waals surface area contributed by atoms with Crippen LogP contribution in [0.3, 0.4) is 0 Å².